The predicted octanol–water partition coefficient (Wildman–Crippen LogP) is 14.0. The number of benzene rings is 10. The van der Waals surface area contributed by atoms with Crippen molar-refractivity contribution in [2.24, 2.45) is 0 Å². The van der Waals surface area contributed by atoms with E-state index in [1.165, 1.54) is 23.7 Å². The van der Waals surface area contributed by atoms with E-state index < -0.39 is 25.0 Å². The molecule has 0 spiro atoms. The Morgan fingerprint density at radius 3 is 1.42 bits per heavy atom. The Balaban J connectivity index is 1.14. The van der Waals surface area contributed by atoms with Crippen molar-refractivity contribution in [3.05, 3.63) is 266 Å². The topological polar surface area (TPSA) is 43.6 Å². The maximum atomic E-state index is 14.8. The summed E-state index contributed by atoms with van der Waals surface area (Å²) in [5.41, 5.74) is 7.20. The molecule has 0 atom stereocenters. The van der Waals surface area contributed by atoms with E-state index >= 15 is 0 Å². The molecule has 0 N–H and O–H groups in total. The van der Waals surface area contributed by atoms with Crippen molar-refractivity contribution >= 4 is 52.7 Å². The fourth-order valence-corrected chi connectivity index (χ4v) is 20.6. The van der Waals surface area contributed by atoms with Crippen LogP contribution >= 0.6 is 0 Å². The third-order valence-corrected chi connectivity index (χ3v) is 23.9. The maximum absolute atomic E-state index is 14.8. The van der Waals surface area contributed by atoms with Crippen molar-refractivity contribution in [3.8, 4) is 62.1 Å². The molecule has 8 heteroatoms. The summed E-state index contributed by atoms with van der Waals surface area (Å²) in [6.07, 6.45) is -4.55. The van der Waals surface area contributed by atoms with E-state index in [1.54, 1.807) is 25.1 Å². The fraction of sp³-hybridized carbons (Fsp3) is 0.0308. The first-order valence-electron chi connectivity index (χ1n) is 24.2. The average Bonchev–Trinajstić information content (AvgIpc) is 3.77. The molecule has 12 aromatic rings. The van der Waals surface area contributed by atoms with Gasteiger partial charge in [-0.25, -0.2) is 0 Å². The summed E-state index contributed by atoms with van der Waals surface area (Å²) >= 11 is -3.69. The van der Waals surface area contributed by atoms with E-state index in [4.69, 9.17) is 15.0 Å². The van der Waals surface area contributed by atoms with Gasteiger partial charge in [0.25, 0.3) is 0 Å². The van der Waals surface area contributed by atoms with Crippen LogP contribution in [-0.2, 0) is 6.18 Å². The Kier molecular flexibility index (Phi) is 11.7. The molecule has 0 saturated heterocycles. The van der Waals surface area contributed by atoms with Crippen LogP contribution in [0.3, 0.4) is 0 Å². The molecule has 0 aliphatic rings. The van der Waals surface area contributed by atoms with Gasteiger partial charge in [-0.2, -0.15) is 13.2 Å². The number of rotatable bonds is 10. The fourth-order valence-electron chi connectivity index (χ4n) is 10.6. The molecule has 2 heterocycles. The van der Waals surface area contributed by atoms with Crippen LogP contribution in [0.4, 0.5) is 13.2 Å². The number of halogens is 3. The first kappa shape index (κ1) is 45.5. The first-order valence-corrected chi connectivity index (χ1v) is 28.4. The number of para-hydroxylation sites is 1. The number of alkyl halides is 3. The van der Waals surface area contributed by atoms with Gasteiger partial charge in [0.05, 0.1) is 5.56 Å². The van der Waals surface area contributed by atoms with Crippen LogP contribution in [0, 0.1) is 6.92 Å². The number of hydrogen-bond donors (Lipinski definition) is 0. The first-order chi connectivity index (χ1) is 35.7. The van der Waals surface area contributed by atoms with Gasteiger partial charge >= 0.3 is 365 Å². The Hall–Kier alpha value is -8.66. The number of fused-ring (bicyclic) bond motifs is 3. The summed E-state index contributed by atoms with van der Waals surface area (Å²) in [7, 11) is 0. The van der Waals surface area contributed by atoms with Crippen LogP contribution in [0.25, 0.3) is 83.9 Å². The molecule has 0 radical (unpaired) electrons. The molecule has 0 aliphatic carbocycles. The number of nitrogens with zero attached hydrogens (tertiary/aromatic N) is 4. The summed E-state index contributed by atoms with van der Waals surface area (Å²) in [6, 6.07) is 86.3. The summed E-state index contributed by atoms with van der Waals surface area (Å²) in [5, 5.41) is 1.86. The quantitative estimate of drug-likeness (QED) is 0.128. The predicted molar refractivity (Wildman–Crippen MR) is 295 cm³/mol. The Bertz CT molecular complexity index is 3800. The molecule has 12 rings (SSSR count). The van der Waals surface area contributed by atoms with Crippen LogP contribution in [0.15, 0.2) is 255 Å². The minimum absolute atomic E-state index is 0.118. The van der Waals surface area contributed by atoms with Crippen molar-refractivity contribution in [2.45, 2.75) is 13.1 Å². The second kappa shape index (κ2) is 18.8. The van der Waals surface area contributed by atoms with E-state index in [0.717, 1.165) is 55.3 Å². The zero-order valence-electron chi connectivity index (χ0n) is 39.7. The van der Waals surface area contributed by atoms with Gasteiger partial charge < -0.3 is 0 Å². The van der Waals surface area contributed by atoms with E-state index in [-0.39, 0.29) is 5.56 Å². The second-order valence-electron chi connectivity index (χ2n) is 18.3. The van der Waals surface area contributed by atoms with Crippen LogP contribution in [0.2, 0.25) is 0 Å². The second-order valence-corrected chi connectivity index (χ2v) is 26.3. The molecule has 0 fully saturated rings. The molecule has 0 saturated carbocycles. The van der Waals surface area contributed by atoms with Gasteiger partial charge in [0, 0.05) is 0 Å². The van der Waals surface area contributed by atoms with Crippen LogP contribution < -0.4 is 17.6 Å². The maximum Gasteiger partial charge on any atom is 0.417 e. The molecule has 4 nitrogen and oxygen atoms in total. The van der Waals surface area contributed by atoms with Crippen LogP contribution in [0.1, 0.15) is 11.1 Å². The summed E-state index contributed by atoms with van der Waals surface area (Å²) in [5.74, 6) is 1.47. The standard InChI is InChI=1S/C65H45F3GeN4/c1-44-34-37-54(58(40-44)65(66,67)68)49-35-38-56-55-32-17-18-33-59(55)73(61(56)43-49)60-39-36-48(42-57(60)64-71-62(45-20-7-2-8-21-45)70-63(72-64)46-22-9-3-10-23-46)47-24-19-31-53(41-47)69(50-25-11-4-12-26-50,51-27-13-5-14-28-51)52-29-15-6-16-30-52/h2-43H,1H3. The zero-order valence-corrected chi connectivity index (χ0v) is 41.8. The average molecular weight is 1010 g/mol. The molecule has 73 heavy (non-hydrogen) atoms. The van der Waals surface area contributed by atoms with Gasteiger partial charge in [0.1, 0.15) is 0 Å². The molecule has 0 amide bonds. The number of hydrogen-bond acceptors (Lipinski definition) is 3. The van der Waals surface area contributed by atoms with E-state index in [2.05, 4.69) is 150 Å². The Morgan fingerprint density at radius 1 is 0.356 bits per heavy atom. The third kappa shape index (κ3) is 8.31. The van der Waals surface area contributed by atoms with Gasteiger partial charge in [-0.1, -0.05) is 29.8 Å². The molecule has 0 bridgehead atoms. The van der Waals surface area contributed by atoms with E-state index in [9.17, 15) is 13.2 Å². The molecule has 0 aliphatic heterocycles. The molecular formula is C65H45F3GeN4. The Morgan fingerprint density at radius 2 is 0.836 bits per heavy atom. The van der Waals surface area contributed by atoms with Gasteiger partial charge in [-0.05, 0) is 13.0 Å². The van der Waals surface area contributed by atoms with Crippen LogP contribution in [0.5, 0.6) is 0 Å². The molecule has 0 unspecified atom stereocenters. The van der Waals surface area contributed by atoms with Gasteiger partial charge in [-0.3, -0.25) is 0 Å². The largest absolute Gasteiger partial charge is 0.417 e. The van der Waals surface area contributed by atoms with Gasteiger partial charge in [-0.15, -0.1) is 0 Å². The number of aryl methyl sites for hydroxylation is 1. The van der Waals surface area contributed by atoms with Crippen LogP contribution in [-0.4, -0.2) is 32.8 Å². The van der Waals surface area contributed by atoms with Gasteiger partial charge in [0.15, 0.2) is 0 Å². The molecular weight excluding hydrogens is 966 g/mol. The normalized spacial score (nSPS) is 11.8. The smallest absolute Gasteiger partial charge is 0.166 e. The summed E-state index contributed by atoms with van der Waals surface area (Å²) in [4.78, 5) is 15.7. The summed E-state index contributed by atoms with van der Waals surface area (Å²) < 4.78 is 51.8. The monoisotopic (exact) mass is 1010 g/mol. The van der Waals surface area contributed by atoms with Gasteiger partial charge in [0.2, 0.25) is 0 Å². The van der Waals surface area contributed by atoms with E-state index in [1.807, 2.05) is 84.9 Å². The van der Waals surface area contributed by atoms with Crippen molar-refractivity contribution in [2.75, 3.05) is 0 Å². The minimum atomic E-state index is -4.55. The van der Waals surface area contributed by atoms with Crippen molar-refractivity contribution in [1.29, 1.82) is 0 Å². The zero-order chi connectivity index (χ0) is 49.5. The molecule has 350 valence electrons. The minimum Gasteiger partial charge on any atom is -0.166 e. The van der Waals surface area contributed by atoms with Crippen molar-refractivity contribution < 1.29 is 13.2 Å². The summed E-state index contributed by atoms with van der Waals surface area (Å²) in [6.45, 7) is 1.68. The SMILES string of the molecule is Cc1ccc(-c2ccc3c4ccccc4n(-c4ccc(-c5ccc[c]([Ge]([c]6ccccc6)([c]6ccccc6)[c]6ccccc6)c5)cc4-c4nc(-c5ccccc5)nc(-c5ccccc5)n4)c3c2)c(C(F)(F)F)c1. The number of aromatic nitrogens is 4. The van der Waals surface area contributed by atoms with Crippen molar-refractivity contribution in [3.63, 3.8) is 0 Å². The molecule has 10 aromatic carbocycles. The molecule has 2 aromatic heterocycles. The van der Waals surface area contributed by atoms with E-state index in [0.29, 0.717) is 28.6 Å². The Labute approximate surface area is 424 Å². The van der Waals surface area contributed by atoms with Crippen molar-refractivity contribution in [1.82, 2.24) is 19.5 Å². The third-order valence-electron chi connectivity index (χ3n) is 13.9.